The van der Waals surface area contributed by atoms with E-state index >= 15 is 0 Å². The Morgan fingerprint density at radius 3 is 2.82 bits per heavy atom. The van der Waals surface area contributed by atoms with Crippen LogP contribution in [0.1, 0.15) is 23.2 Å². The van der Waals surface area contributed by atoms with Gasteiger partial charge in [-0.05, 0) is 31.0 Å². The van der Waals surface area contributed by atoms with Gasteiger partial charge < -0.3 is 10.6 Å². The second-order valence-corrected chi connectivity index (χ2v) is 4.85. The maximum atomic E-state index is 12.1. The molecule has 0 saturated carbocycles. The molecule has 0 radical (unpaired) electrons. The van der Waals surface area contributed by atoms with Gasteiger partial charge >= 0.3 is 0 Å². The van der Waals surface area contributed by atoms with E-state index in [9.17, 15) is 4.79 Å². The van der Waals surface area contributed by atoms with Crippen LogP contribution < -0.4 is 5.73 Å². The van der Waals surface area contributed by atoms with Crippen molar-refractivity contribution in [3.8, 4) is 0 Å². The van der Waals surface area contributed by atoms with Crippen molar-refractivity contribution in [2.45, 2.75) is 12.8 Å². The van der Waals surface area contributed by atoms with Crippen molar-refractivity contribution in [1.82, 2.24) is 4.90 Å². The van der Waals surface area contributed by atoms with Crippen LogP contribution in [0.25, 0.3) is 0 Å². The highest BCUT2D eigenvalue weighted by Crippen LogP contribution is 2.18. The number of carbonyl (C=O) groups excluding carboxylic acids is 1. The minimum atomic E-state index is -0.0120. The molecule has 0 fully saturated rings. The summed E-state index contributed by atoms with van der Waals surface area (Å²) in [4.78, 5) is 13.8. The first kappa shape index (κ1) is 13.8. The number of nitrogens with zero attached hydrogens (tertiary/aromatic N) is 1. The van der Waals surface area contributed by atoms with Crippen LogP contribution in [0, 0.1) is 0 Å². The molecule has 0 aliphatic rings. The maximum absolute atomic E-state index is 12.1. The molecule has 0 unspecified atom stereocenters. The number of nitrogens with two attached hydrogens (primary N) is 1. The van der Waals surface area contributed by atoms with Crippen LogP contribution >= 0.6 is 15.9 Å². The summed E-state index contributed by atoms with van der Waals surface area (Å²) >= 11 is 3.33. The van der Waals surface area contributed by atoms with Gasteiger partial charge in [0, 0.05) is 29.3 Å². The van der Waals surface area contributed by atoms with Gasteiger partial charge in [-0.15, -0.1) is 6.58 Å². The molecule has 2 N–H and O–H groups in total. The van der Waals surface area contributed by atoms with Gasteiger partial charge in [0.25, 0.3) is 5.91 Å². The van der Waals surface area contributed by atoms with E-state index in [-0.39, 0.29) is 5.91 Å². The lowest BCUT2D eigenvalue weighted by molar-refractivity contribution is 0.0794. The molecule has 0 saturated heterocycles. The summed E-state index contributed by atoms with van der Waals surface area (Å²) in [6.45, 7) is 4.38. The standard InChI is InChI=1S/C13H17BrN2O/c1-3-4-5-6-16(2)13(17)10-7-11(14)9-12(15)8-10/h3,7-9H,1,4-6,15H2,2H3. The minimum Gasteiger partial charge on any atom is -0.399 e. The predicted octanol–water partition coefficient (Wildman–Crippen LogP) is 3.07. The van der Waals surface area contributed by atoms with Crippen molar-refractivity contribution in [2.75, 3.05) is 19.3 Å². The molecule has 0 atom stereocenters. The van der Waals surface area contributed by atoms with Crippen molar-refractivity contribution in [2.24, 2.45) is 0 Å². The number of nitrogen functional groups attached to an aromatic ring is 1. The largest absolute Gasteiger partial charge is 0.399 e. The van der Waals surface area contributed by atoms with Crippen molar-refractivity contribution in [1.29, 1.82) is 0 Å². The second kappa shape index (κ2) is 6.45. The average molecular weight is 297 g/mol. The number of anilines is 1. The molecule has 4 heteroatoms. The third-order valence-corrected chi connectivity index (χ3v) is 2.87. The number of amides is 1. The lowest BCUT2D eigenvalue weighted by Crippen LogP contribution is -2.27. The fourth-order valence-corrected chi connectivity index (χ4v) is 2.04. The van der Waals surface area contributed by atoms with Crippen molar-refractivity contribution < 1.29 is 4.79 Å². The van der Waals surface area contributed by atoms with Crippen molar-refractivity contribution in [3.05, 3.63) is 40.9 Å². The zero-order valence-corrected chi connectivity index (χ0v) is 11.5. The predicted molar refractivity (Wildman–Crippen MR) is 74.9 cm³/mol. The molecule has 0 aromatic heterocycles. The van der Waals surface area contributed by atoms with Gasteiger partial charge in [-0.25, -0.2) is 0 Å². The van der Waals surface area contributed by atoms with Gasteiger partial charge in [0.15, 0.2) is 0 Å². The van der Waals surface area contributed by atoms with Gasteiger partial charge in [-0.2, -0.15) is 0 Å². The molecule has 0 spiro atoms. The molecule has 17 heavy (non-hydrogen) atoms. The van der Waals surface area contributed by atoms with E-state index in [2.05, 4.69) is 22.5 Å². The quantitative estimate of drug-likeness (QED) is 0.516. The molecule has 3 nitrogen and oxygen atoms in total. The SMILES string of the molecule is C=CCCCN(C)C(=O)c1cc(N)cc(Br)c1. The summed E-state index contributed by atoms with van der Waals surface area (Å²) in [6, 6.07) is 5.24. The van der Waals surface area contributed by atoms with Crippen LogP contribution in [0.15, 0.2) is 35.3 Å². The first-order chi connectivity index (χ1) is 8.04. The Kier molecular flexibility index (Phi) is 5.22. The van der Waals surface area contributed by atoms with Crippen LogP contribution in [0.3, 0.4) is 0 Å². The van der Waals surface area contributed by atoms with Gasteiger partial charge in [-0.3, -0.25) is 4.79 Å². The highest BCUT2D eigenvalue weighted by Gasteiger charge is 2.12. The molecule has 0 aliphatic heterocycles. The summed E-state index contributed by atoms with van der Waals surface area (Å²) in [5.74, 6) is -0.0120. The van der Waals surface area contributed by atoms with Crippen LogP contribution in [0.4, 0.5) is 5.69 Å². The van der Waals surface area contributed by atoms with Crippen molar-refractivity contribution in [3.63, 3.8) is 0 Å². The highest BCUT2D eigenvalue weighted by molar-refractivity contribution is 9.10. The second-order valence-electron chi connectivity index (χ2n) is 3.93. The first-order valence-electron chi connectivity index (χ1n) is 5.47. The van der Waals surface area contributed by atoms with E-state index in [0.29, 0.717) is 11.3 Å². The summed E-state index contributed by atoms with van der Waals surface area (Å²) in [5.41, 5.74) is 6.90. The summed E-state index contributed by atoms with van der Waals surface area (Å²) in [6.07, 6.45) is 3.70. The first-order valence-corrected chi connectivity index (χ1v) is 6.26. The van der Waals surface area contributed by atoms with E-state index in [0.717, 1.165) is 23.9 Å². The Hall–Kier alpha value is -1.29. The zero-order chi connectivity index (χ0) is 12.8. The fourth-order valence-electron chi connectivity index (χ4n) is 1.53. The highest BCUT2D eigenvalue weighted by atomic mass is 79.9. The average Bonchev–Trinajstić information content (AvgIpc) is 2.27. The van der Waals surface area contributed by atoms with Crippen LogP contribution in [-0.4, -0.2) is 24.4 Å². The number of rotatable bonds is 5. The molecular formula is C13H17BrN2O. The Balaban J connectivity index is 2.70. The Morgan fingerprint density at radius 2 is 2.24 bits per heavy atom. The minimum absolute atomic E-state index is 0.0120. The lowest BCUT2D eigenvalue weighted by Gasteiger charge is -2.17. The Labute approximate surface area is 110 Å². The topological polar surface area (TPSA) is 46.3 Å². The van der Waals surface area contributed by atoms with E-state index in [1.54, 1.807) is 30.1 Å². The van der Waals surface area contributed by atoms with Crippen molar-refractivity contribution >= 4 is 27.5 Å². The molecule has 1 aromatic rings. The van der Waals surface area contributed by atoms with Crippen LogP contribution in [0.2, 0.25) is 0 Å². The number of hydrogen-bond donors (Lipinski definition) is 1. The molecule has 0 bridgehead atoms. The third-order valence-electron chi connectivity index (χ3n) is 2.42. The van der Waals surface area contributed by atoms with E-state index in [4.69, 9.17) is 5.73 Å². The van der Waals surface area contributed by atoms with E-state index < -0.39 is 0 Å². The number of halogens is 1. The number of carbonyl (C=O) groups is 1. The van der Waals surface area contributed by atoms with Gasteiger partial charge in [0.05, 0.1) is 0 Å². The molecule has 0 aliphatic carbocycles. The van der Waals surface area contributed by atoms with Gasteiger partial charge in [0.1, 0.15) is 0 Å². The number of unbranched alkanes of at least 4 members (excludes halogenated alkanes) is 1. The Morgan fingerprint density at radius 1 is 1.53 bits per heavy atom. The summed E-state index contributed by atoms with van der Waals surface area (Å²) in [5, 5.41) is 0. The monoisotopic (exact) mass is 296 g/mol. The molecule has 1 rings (SSSR count). The normalized spacial score (nSPS) is 10.0. The molecule has 0 heterocycles. The zero-order valence-electron chi connectivity index (χ0n) is 9.95. The Bertz CT molecular complexity index is 398. The molecule has 92 valence electrons. The maximum Gasteiger partial charge on any atom is 0.253 e. The molecular weight excluding hydrogens is 280 g/mol. The number of benzene rings is 1. The van der Waals surface area contributed by atoms with Crippen LogP contribution in [-0.2, 0) is 0 Å². The fraction of sp³-hybridized carbons (Fsp3) is 0.308. The molecule has 1 amide bonds. The number of hydrogen-bond acceptors (Lipinski definition) is 2. The van der Waals surface area contributed by atoms with E-state index in [1.807, 2.05) is 6.08 Å². The third kappa shape index (κ3) is 4.23. The molecule has 1 aromatic carbocycles. The smallest absolute Gasteiger partial charge is 0.253 e. The summed E-state index contributed by atoms with van der Waals surface area (Å²) in [7, 11) is 1.79. The van der Waals surface area contributed by atoms with Gasteiger partial charge in [-0.1, -0.05) is 22.0 Å². The van der Waals surface area contributed by atoms with Gasteiger partial charge in [0.2, 0.25) is 0 Å². The summed E-state index contributed by atoms with van der Waals surface area (Å²) < 4.78 is 0.820. The van der Waals surface area contributed by atoms with E-state index in [1.165, 1.54) is 0 Å². The number of allylic oxidation sites excluding steroid dienone is 1. The van der Waals surface area contributed by atoms with Crippen LogP contribution in [0.5, 0.6) is 0 Å². The lowest BCUT2D eigenvalue weighted by atomic mass is 10.1.